The molecular weight excluding hydrogens is 338 g/mol. The molecule has 4 nitrogen and oxygen atoms in total. The molecule has 1 aromatic rings. The third-order valence-corrected chi connectivity index (χ3v) is 5.58. The Morgan fingerprint density at radius 1 is 1.33 bits per heavy atom. The molecule has 1 saturated carbocycles. The van der Waals surface area contributed by atoms with E-state index in [0.29, 0.717) is 6.42 Å². The molecule has 21 heavy (non-hydrogen) atoms. The van der Waals surface area contributed by atoms with Crippen molar-refractivity contribution < 1.29 is 12.8 Å². The fourth-order valence-electron chi connectivity index (χ4n) is 2.41. The first-order valence-corrected chi connectivity index (χ1v) is 8.41. The summed E-state index contributed by atoms with van der Waals surface area (Å²) in [5, 5.41) is -0.120. The van der Waals surface area contributed by atoms with Crippen molar-refractivity contribution in [2.24, 2.45) is 5.73 Å². The molecule has 1 aliphatic rings. The summed E-state index contributed by atoms with van der Waals surface area (Å²) in [5.41, 5.74) is 6.18. The lowest BCUT2D eigenvalue weighted by Gasteiger charge is -2.29. The highest BCUT2D eigenvalue weighted by Crippen LogP contribution is 2.26. The summed E-state index contributed by atoms with van der Waals surface area (Å²) in [5.74, 6) is -0.525. The molecule has 8 heteroatoms. The summed E-state index contributed by atoms with van der Waals surface area (Å²) in [7, 11) is -3.79. The van der Waals surface area contributed by atoms with E-state index in [1.807, 2.05) is 0 Å². The van der Waals surface area contributed by atoms with Crippen LogP contribution in [0.25, 0.3) is 0 Å². The van der Waals surface area contributed by atoms with Crippen LogP contribution in [0, 0.1) is 12.7 Å². The Bertz CT molecular complexity index is 610. The lowest BCUT2D eigenvalue weighted by molar-refractivity contribution is 0.361. The molecule has 1 aliphatic carbocycles. The Kier molecular flexibility index (Phi) is 6.43. The van der Waals surface area contributed by atoms with Gasteiger partial charge in [-0.1, -0.05) is 24.4 Å². The summed E-state index contributed by atoms with van der Waals surface area (Å²) in [4.78, 5) is -0.101. The van der Waals surface area contributed by atoms with Gasteiger partial charge >= 0.3 is 0 Å². The molecule has 0 bridgehead atoms. The van der Waals surface area contributed by atoms with Crippen LogP contribution in [-0.4, -0.2) is 20.5 Å². The van der Waals surface area contributed by atoms with Crippen molar-refractivity contribution in [1.29, 1.82) is 0 Å². The normalized spacial score (nSPS) is 22.7. The molecule has 120 valence electrons. The van der Waals surface area contributed by atoms with Crippen LogP contribution in [0.3, 0.4) is 0 Å². The molecule has 1 fully saturated rings. The molecule has 0 unspecified atom stereocenters. The van der Waals surface area contributed by atoms with E-state index in [2.05, 4.69) is 4.72 Å². The van der Waals surface area contributed by atoms with E-state index in [1.54, 1.807) is 0 Å². The highest BCUT2D eigenvalue weighted by Gasteiger charge is 2.28. The predicted molar refractivity (Wildman–Crippen MR) is 83.9 cm³/mol. The molecule has 0 spiro atoms. The van der Waals surface area contributed by atoms with Gasteiger partial charge in [0, 0.05) is 12.1 Å². The molecule has 1 aromatic carbocycles. The second kappa shape index (κ2) is 7.24. The Hall–Kier alpha value is -0.400. The second-order valence-corrected chi connectivity index (χ2v) is 7.30. The average molecular weight is 357 g/mol. The highest BCUT2D eigenvalue weighted by molar-refractivity contribution is 7.89. The Labute approximate surface area is 135 Å². The Morgan fingerprint density at radius 2 is 1.95 bits per heavy atom. The zero-order valence-electron chi connectivity index (χ0n) is 11.6. The minimum atomic E-state index is -3.79. The quantitative estimate of drug-likeness (QED) is 0.874. The number of sulfonamides is 1. The number of hydrogen-bond acceptors (Lipinski definition) is 3. The van der Waals surface area contributed by atoms with Crippen LogP contribution < -0.4 is 10.5 Å². The van der Waals surface area contributed by atoms with Crippen LogP contribution in [0.2, 0.25) is 5.02 Å². The zero-order chi connectivity index (χ0) is 14.9. The molecule has 0 heterocycles. The number of halogens is 3. The summed E-state index contributed by atoms with van der Waals surface area (Å²) in [6.45, 7) is 1.50. The number of nitrogens with one attached hydrogen (secondary N) is 1. The lowest BCUT2D eigenvalue weighted by Crippen LogP contribution is -2.49. The topological polar surface area (TPSA) is 72.2 Å². The molecule has 2 atom stereocenters. The highest BCUT2D eigenvalue weighted by atomic mass is 35.5. The SMILES string of the molecule is Cc1cc(S(=O)(=O)N[C@@H]2CCCC[C@H]2N)c(Cl)cc1F.Cl. The van der Waals surface area contributed by atoms with Crippen LogP contribution >= 0.6 is 24.0 Å². The summed E-state index contributed by atoms with van der Waals surface area (Å²) in [6.07, 6.45) is 3.45. The van der Waals surface area contributed by atoms with Crippen molar-refractivity contribution in [3.63, 3.8) is 0 Å². The Balaban J connectivity index is 0.00000220. The van der Waals surface area contributed by atoms with E-state index in [9.17, 15) is 12.8 Å². The Morgan fingerprint density at radius 3 is 2.57 bits per heavy atom. The minimum absolute atomic E-state index is 0. The van der Waals surface area contributed by atoms with Crippen LogP contribution in [0.4, 0.5) is 4.39 Å². The number of benzene rings is 1. The lowest BCUT2D eigenvalue weighted by atomic mass is 9.92. The maximum Gasteiger partial charge on any atom is 0.242 e. The first-order valence-electron chi connectivity index (χ1n) is 6.55. The smallest absolute Gasteiger partial charge is 0.242 e. The molecule has 0 saturated heterocycles. The third-order valence-electron chi connectivity index (χ3n) is 3.63. The number of aryl methyl sites for hydroxylation is 1. The van der Waals surface area contributed by atoms with Gasteiger partial charge in [0.25, 0.3) is 0 Å². The van der Waals surface area contributed by atoms with Crippen molar-refractivity contribution in [2.75, 3.05) is 0 Å². The van der Waals surface area contributed by atoms with Gasteiger partial charge in [-0.25, -0.2) is 17.5 Å². The van der Waals surface area contributed by atoms with Gasteiger partial charge in [0.2, 0.25) is 10.0 Å². The first-order chi connectivity index (χ1) is 9.31. The van der Waals surface area contributed by atoms with Gasteiger partial charge < -0.3 is 5.73 Å². The van der Waals surface area contributed by atoms with Crippen LogP contribution in [-0.2, 0) is 10.0 Å². The number of rotatable bonds is 3. The molecule has 0 aliphatic heterocycles. The van der Waals surface area contributed by atoms with Gasteiger partial charge in [-0.15, -0.1) is 12.4 Å². The molecule has 0 amide bonds. The first kappa shape index (κ1) is 18.6. The van der Waals surface area contributed by atoms with Gasteiger partial charge in [-0.2, -0.15) is 0 Å². The van der Waals surface area contributed by atoms with E-state index in [-0.39, 0.29) is 40.0 Å². The van der Waals surface area contributed by atoms with E-state index < -0.39 is 15.8 Å². The monoisotopic (exact) mass is 356 g/mol. The minimum Gasteiger partial charge on any atom is -0.326 e. The fourth-order valence-corrected chi connectivity index (χ4v) is 4.33. The second-order valence-electron chi connectivity index (χ2n) is 5.21. The number of nitrogens with two attached hydrogens (primary N) is 1. The van der Waals surface area contributed by atoms with E-state index in [1.165, 1.54) is 13.0 Å². The van der Waals surface area contributed by atoms with Gasteiger partial charge in [-0.05, 0) is 37.5 Å². The van der Waals surface area contributed by atoms with Crippen molar-refractivity contribution in [2.45, 2.75) is 49.6 Å². The van der Waals surface area contributed by atoms with Gasteiger partial charge in [0.1, 0.15) is 10.7 Å². The van der Waals surface area contributed by atoms with E-state index in [4.69, 9.17) is 17.3 Å². The molecule has 2 rings (SSSR count). The molecule has 0 aromatic heterocycles. The van der Waals surface area contributed by atoms with Crippen molar-refractivity contribution in [1.82, 2.24) is 4.72 Å². The van der Waals surface area contributed by atoms with Crippen LogP contribution in [0.1, 0.15) is 31.2 Å². The molecule has 3 N–H and O–H groups in total. The largest absolute Gasteiger partial charge is 0.326 e. The van der Waals surface area contributed by atoms with E-state index >= 15 is 0 Å². The van der Waals surface area contributed by atoms with E-state index in [0.717, 1.165) is 25.3 Å². The van der Waals surface area contributed by atoms with Crippen molar-refractivity contribution >= 4 is 34.0 Å². The predicted octanol–water partition coefficient (Wildman–Crippen LogP) is 2.76. The van der Waals surface area contributed by atoms with Gasteiger partial charge in [0.15, 0.2) is 0 Å². The summed E-state index contributed by atoms with van der Waals surface area (Å²) < 4.78 is 40.7. The third kappa shape index (κ3) is 4.29. The molecular formula is C13H19Cl2FN2O2S. The zero-order valence-corrected chi connectivity index (χ0v) is 14.0. The number of hydrogen-bond donors (Lipinski definition) is 2. The van der Waals surface area contributed by atoms with Crippen molar-refractivity contribution in [3.05, 3.63) is 28.5 Å². The fraction of sp³-hybridized carbons (Fsp3) is 0.538. The van der Waals surface area contributed by atoms with Crippen LogP contribution in [0.5, 0.6) is 0 Å². The van der Waals surface area contributed by atoms with Gasteiger partial charge in [-0.3, -0.25) is 0 Å². The summed E-state index contributed by atoms with van der Waals surface area (Å²) >= 11 is 5.85. The van der Waals surface area contributed by atoms with Crippen LogP contribution in [0.15, 0.2) is 17.0 Å². The summed E-state index contributed by atoms with van der Waals surface area (Å²) in [6, 6.07) is 1.77. The molecule has 0 radical (unpaired) electrons. The van der Waals surface area contributed by atoms with Crippen molar-refractivity contribution in [3.8, 4) is 0 Å². The standard InChI is InChI=1S/C13H18ClFN2O2S.ClH/c1-8-6-13(9(14)7-10(8)15)20(18,19)17-12-5-3-2-4-11(12)16;/h6-7,11-12,17H,2-5,16H2,1H3;1H/t11-,12-;/m1./s1. The maximum absolute atomic E-state index is 13.3. The maximum atomic E-state index is 13.3. The average Bonchev–Trinajstić information content (AvgIpc) is 2.36. The van der Waals surface area contributed by atoms with Gasteiger partial charge in [0.05, 0.1) is 5.02 Å².